The quantitative estimate of drug-likeness (QED) is 0.313. The Labute approximate surface area is 71.8 Å². The Kier molecular flexibility index (Phi) is 9.95. The fourth-order valence-corrected chi connectivity index (χ4v) is 2.10. The third-order valence-electron chi connectivity index (χ3n) is 0.467. The third kappa shape index (κ3) is 8.49. The van der Waals surface area contributed by atoms with Crippen LogP contribution in [0.3, 0.4) is 0 Å². The molecule has 0 amide bonds. The summed E-state index contributed by atoms with van der Waals surface area (Å²) in [4.78, 5) is 0. The van der Waals surface area contributed by atoms with Gasteiger partial charge in [0.25, 0.3) is 0 Å². The average Bonchev–Trinajstić information content (AvgIpc) is 1.97. The van der Waals surface area contributed by atoms with Crippen molar-refractivity contribution in [2.24, 2.45) is 0 Å². The van der Waals surface area contributed by atoms with Crippen molar-refractivity contribution in [3.05, 3.63) is 12.7 Å². The first kappa shape index (κ1) is 10.5. The molecule has 0 aromatic heterocycles. The maximum atomic E-state index is 5.04. The minimum atomic E-state index is 0.00634. The molecule has 3 nitrogen and oxygen atoms in total. The van der Waals surface area contributed by atoms with E-state index in [-0.39, 0.29) is 20.0 Å². The van der Waals surface area contributed by atoms with Gasteiger partial charge in [-0.1, -0.05) is 6.08 Å². The van der Waals surface area contributed by atoms with E-state index in [9.17, 15) is 0 Å². The first-order valence-corrected chi connectivity index (χ1v) is 5.55. The normalized spacial score (nSPS) is 9.70. The zero-order chi connectivity index (χ0) is 7.66. The highest BCUT2D eigenvalue weighted by atomic mass is 28.4. The Morgan fingerprint density at radius 1 is 1.40 bits per heavy atom. The van der Waals surface area contributed by atoms with E-state index in [1.807, 2.05) is 6.08 Å². The van der Waals surface area contributed by atoms with E-state index in [0.717, 1.165) is 6.04 Å². The zero-order valence-electron chi connectivity index (χ0n) is 5.22. The molecule has 0 unspecified atom stereocenters. The number of allylic oxidation sites excluding steroid dienone is 1. The highest BCUT2D eigenvalue weighted by Crippen LogP contribution is 1.79. The largest absolute Gasteiger partial charge is 0.435 e. The van der Waals surface area contributed by atoms with Gasteiger partial charge in [-0.3, -0.25) is 0 Å². The van der Waals surface area contributed by atoms with Crippen molar-refractivity contribution in [2.75, 3.05) is 0 Å². The molecule has 0 bridgehead atoms. The maximum Gasteiger partial charge on any atom is 0.411 e. The molecule has 9 radical (unpaired) electrons. The molecule has 0 aliphatic heterocycles. The van der Waals surface area contributed by atoms with Crippen LogP contribution in [0.1, 0.15) is 0 Å². The van der Waals surface area contributed by atoms with Crippen LogP contribution in [0.15, 0.2) is 12.7 Å². The Bertz CT molecular complexity index is 80.1. The van der Waals surface area contributed by atoms with Crippen LogP contribution >= 0.6 is 0 Å². The summed E-state index contributed by atoms with van der Waals surface area (Å²) in [6.45, 7) is 3.55. The first-order valence-electron chi connectivity index (χ1n) is 2.39. The monoisotopic (exact) mass is 201 g/mol. The van der Waals surface area contributed by atoms with Crippen LogP contribution in [0.2, 0.25) is 6.04 Å². The summed E-state index contributed by atoms with van der Waals surface area (Å²) in [7, 11) is 3.32. The highest BCUT2D eigenvalue weighted by molar-refractivity contribution is 6.44. The minimum absolute atomic E-state index is 0.00634. The molecule has 0 aromatic rings. The van der Waals surface area contributed by atoms with Gasteiger partial charge in [-0.05, 0) is 6.04 Å². The molecule has 0 aliphatic carbocycles. The van der Waals surface area contributed by atoms with Gasteiger partial charge in [-0.2, -0.15) is 0 Å². The number of hydrogen-bond donors (Lipinski definition) is 0. The van der Waals surface area contributed by atoms with E-state index in [0.29, 0.717) is 9.76 Å². The molecule has 51 valence electrons. The van der Waals surface area contributed by atoms with Crippen molar-refractivity contribution in [3.63, 3.8) is 0 Å². The van der Waals surface area contributed by atoms with Crippen LogP contribution in [-0.4, -0.2) is 40.3 Å². The fraction of sp³-hybridized carbons (Fsp3) is 0.333. The Balaban J connectivity index is 2.70. The first-order chi connectivity index (χ1) is 4.91. The van der Waals surface area contributed by atoms with Gasteiger partial charge < -0.3 is 12.3 Å². The van der Waals surface area contributed by atoms with Gasteiger partial charge >= 0.3 is 20.0 Å². The summed E-state index contributed by atoms with van der Waals surface area (Å²) in [6.07, 6.45) is 1.81. The second-order valence-corrected chi connectivity index (χ2v) is 4.59. The van der Waals surface area contributed by atoms with E-state index in [2.05, 4.69) is 21.2 Å². The molecule has 0 aliphatic rings. The van der Waals surface area contributed by atoms with E-state index in [4.69, 9.17) is 8.23 Å². The Morgan fingerprint density at radius 3 is 2.80 bits per heavy atom. The van der Waals surface area contributed by atoms with Crippen LogP contribution in [0.4, 0.5) is 0 Å². The fourth-order valence-electron chi connectivity index (χ4n) is 0.189. The van der Waals surface area contributed by atoms with Gasteiger partial charge in [0.1, 0.15) is 0 Å². The molecule has 0 N–H and O–H groups in total. The van der Waals surface area contributed by atoms with E-state index >= 15 is 0 Å². The smallest absolute Gasteiger partial charge is 0.411 e. The summed E-state index contributed by atoms with van der Waals surface area (Å²) in [5.74, 6) is 0. The van der Waals surface area contributed by atoms with Crippen LogP contribution in [0.25, 0.3) is 0 Å². The molecule has 0 atom stereocenters. The van der Waals surface area contributed by atoms with Crippen molar-refractivity contribution < 1.29 is 12.3 Å². The topological polar surface area (TPSA) is 27.7 Å². The van der Waals surface area contributed by atoms with Crippen molar-refractivity contribution >= 4 is 40.3 Å². The Morgan fingerprint density at radius 2 is 2.20 bits per heavy atom. The second kappa shape index (κ2) is 9.49. The third-order valence-corrected chi connectivity index (χ3v) is 2.83. The van der Waals surface area contributed by atoms with Crippen LogP contribution in [0, 0.1) is 0 Å². The van der Waals surface area contributed by atoms with Crippen molar-refractivity contribution in [3.8, 4) is 0 Å². The zero-order valence-corrected chi connectivity index (χ0v) is 9.22. The van der Waals surface area contributed by atoms with E-state index < -0.39 is 0 Å². The minimum Gasteiger partial charge on any atom is -0.435 e. The second-order valence-electron chi connectivity index (χ2n) is 1.11. The summed E-state index contributed by atoms with van der Waals surface area (Å²) < 4.78 is 14.4. The van der Waals surface area contributed by atoms with Crippen LogP contribution in [-0.2, 0) is 12.3 Å². The molecule has 10 heavy (non-hydrogen) atoms. The van der Waals surface area contributed by atoms with Gasteiger partial charge in [0.05, 0.1) is 0 Å². The lowest BCUT2D eigenvalue weighted by Crippen LogP contribution is -2.12. The van der Waals surface area contributed by atoms with Crippen molar-refractivity contribution in [1.29, 1.82) is 0 Å². The number of hydrogen-bond acceptors (Lipinski definition) is 3. The van der Waals surface area contributed by atoms with Crippen LogP contribution in [0.5, 0.6) is 0 Å². The Hall–Kier alpha value is 0.488. The van der Waals surface area contributed by atoms with Crippen molar-refractivity contribution in [1.82, 2.24) is 0 Å². The summed E-state index contributed by atoms with van der Waals surface area (Å²) in [5, 5.41) is 0. The molecular formula is C3H5O3Si4. The van der Waals surface area contributed by atoms with Crippen LogP contribution < -0.4 is 0 Å². The van der Waals surface area contributed by atoms with Gasteiger partial charge in [0.2, 0.25) is 20.2 Å². The van der Waals surface area contributed by atoms with E-state index in [1.54, 1.807) is 0 Å². The highest BCUT2D eigenvalue weighted by Gasteiger charge is 1.93. The molecule has 0 heterocycles. The summed E-state index contributed by atoms with van der Waals surface area (Å²) in [6, 6.07) is 0.883. The molecular weight excluding hydrogens is 196 g/mol. The van der Waals surface area contributed by atoms with Crippen molar-refractivity contribution in [2.45, 2.75) is 6.04 Å². The molecule has 0 spiro atoms. The average molecular weight is 201 g/mol. The lowest BCUT2D eigenvalue weighted by molar-refractivity contribution is 0.439. The number of rotatable bonds is 7. The molecule has 0 saturated heterocycles. The van der Waals surface area contributed by atoms with Gasteiger partial charge in [0, 0.05) is 0 Å². The SMILES string of the molecule is C=CC[Si]O[Si]O[Si]O[Si]. The van der Waals surface area contributed by atoms with Gasteiger partial charge in [-0.25, -0.2) is 0 Å². The van der Waals surface area contributed by atoms with Gasteiger partial charge in [0.15, 0.2) is 0 Å². The van der Waals surface area contributed by atoms with Gasteiger partial charge in [-0.15, -0.1) is 6.58 Å². The predicted octanol–water partition coefficient (Wildman–Crippen LogP) is -0.588. The lowest BCUT2D eigenvalue weighted by atomic mass is 10.8. The molecule has 7 heteroatoms. The summed E-state index contributed by atoms with van der Waals surface area (Å²) >= 11 is 0. The molecule has 0 saturated carbocycles. The van der Waals surface area contributed by atoms with E-state index in [1.165, 1.54) is 0 Å². The molecule has 0 aromatic carbocycles. The lowest BCUT2D eigenvalue weighted by Gasteiger charge is -1.96. The molecule has 0 fully saturated rings. The molecule has 0 rings (SSSR count). The summed E-state index contributed by atoms with van der Waals surface area (Å²) in [5.41, 5.74) is 0. The predicted molar refractivity (Wildman–Crippen MR) is 41.3 cm³/mol. The maximum absolute atomic E-state index is 5.04. The standard InChI is InChI=1S/C3H5O3Si4/c1-2-3-8-5-10-6-9-4-7/h2H,1,3H2.